The van der Waals surface area contributed by atoms with Gasteiger partial charge in [0.25, 0.3) is 0 Å². The van der Waals surface area contributed by atoms with Crippen molar-refractivity contribution in [1.29, 1.82) is 5.26 Å². The highest BCUT2D eigenvalue weighted by molar-refractivity contribution is 8.14. The first-order chi connectivity index (χ1) is 22.2. The van der Waals surface area contributed by atoms with Gasteiger partial charge in [-0.05, 0) is 44.2 Å². The number of nitrogens with zero attached hydrogens (tertiary/aromatic N) is 8. The maximum atomic E-state index is 14.0. The van der Waals surface area contributed by atoms with E-state index in [2.05, 4.69) is 46.9 Å². The average molecular weight is 649 g/mol. The minimum absolute atomic E-state index is 0.0667. The Hall–Kier alpha value is -3.76. The number of likely N-dealkylation sites (tertiary alicyclic amines) is 1. The van der Waals surface area contributed by atoms with E-state index in [1.165, 1.54) is 6.08 Å². The smallest absolute Gasteiger partial charge is 0.236 e. The van der Waals surface area contributed by atoms with E-state index in [0.717, 1.165) is 92.0 Å². The van der Waals surface area contributed by atoms with Crippen LogP contribution in [0, 0.1) is 11.3 Å². The van der Waals surface area contributed by atoms with Gasteiger partial charge in [0.2, 0.25) is 5.91 Å². The van der Waals surface area contributed by atoms with Crippen LogP contribution in [0.15, 0.2) is 65.6 Å². The molecule has 0 saturated carbocycles. The van der Waals surface area contributed by atoms with Crippen molar-refractivity contribution < 1.29 is 14.3 Å². The van der Waals surface area contributed by atoms with Crippen molar-refractivity contribution in [3.63, 3.8) is 0 Å². The van der Waals surface area contributed by atoms with E-state index in [1.54, 1.807) is 28.9 Å². The molecule has 3 aliphatic heterocycles. The number of anilines is 1. The molecule has 0 atom stereocenters. The third-order valence-corrected chi connectivity index (χ3v) is 8.93. The number of allylic oxidation sites excluding steroid dienone is 5. The van der Waals surface area contributed by atoms with Gasteiger partial charge in [-0.15, -0.1) is 0 Å². The van der Waals surface area contributed by atoms with Crippen LogP contribution in [-0.2, 0) is 11.2 Å². The number of hydrogen-bond acceptors (Lipinski definition) is 9. The molecule has 0 spiro atoms. The summed E-state index contributed by atoms with van der Waals surface area (Å²) in [6, 6.07) is 1.81. The summed E-state index contributed by atoms with van der Waals surface area (Å²) in [7, 11) is 1.99. The number of carbonyl (C=O) groups excluding carboxylic acids is 1. The molecular formula is C34H45FN8O2S. The van der Waals surface area contributed by atoms with Crippen molar-refractivity contribution in [3.05, 3.63) is 72.2 Å². The highest BCUT2D eigenvalue weighted by Gasteiger charge is 2.30. The normalized spacial score (nSPS) is 18.7. The van der Waals surface area contributed by atoms with Gasteiger partial charge < -0.3 is 14.9 Å². The Morgan fingerprint density at radius 1 is 1.26 bits per heavy atom. The summed E-state index contributed by atoms with van der Waals surface area (Å²) in [5.74, 6) is 2.06. The number of hydrogen-bond donors (Lipinski definition) is 1. The SMILES string of the molecule is C=Cn1c(/C=C\CN2CCCN(CC(=O)N3CC(O)C3)CC2)nc(CCC)c1N(C)C1=NC(C/C=C\C(F)=C/C(=C)C#N)=CCS1. The molecule has 1 amide bonds. The minimum Gasteiger partial charge on any atom is -0.389 e. The molecule has 246 valence electrons. The number of thioether (sulfide) groups is 1. The number of nitriles is 1. The second-order valence-corrected chi connectivity index (χ2v) is 12.5. The zero-order valence-electron chi connectivity index (χ0n) is 26.9. The minimum atomic E-state index is -0.521. The van der Waals surface area contributed by atoms with Crippen LogP contribution in [0.2, 0.25) is 0 Å². The van der Waals surface area contributed by atoms with Crippen LogP contribution in [0.25, 0.3) is 12.3 Å². The monoisotopic (exact) mass is 648 g/mol. The Morgan fingerprint density at radius 2 is 2.02 bits per heavy atom. The van der Waals surface area contributed by atoms with Gasteiger partial charge >= 0.3 is 0 Å². The number of aryl methyl sites for hydroxylation is 1. The zero-order chi connectivity index (χ0) is 33.1. The first-order valence-electron chi connectivity index (χ1n) is 15.8. The zero-order valence-corrected chi connectivity index (χ0v) is 27.8. The Labute approximate surface area is 276 Å². The summed E-state index contributed by atoms with van der Waals surface area (Å²) in [5.41, 5.74) is 1.88. The number of imidazole rings is 1. The molecule has 0 aliphatic carbocycles. The first-order valence-corrected chi connectivity index (χ1v) is 16.8. The molecule has 46 heavy (non-hydrogen) atoms. The van der Waals surface area contributed by atoms with Crippen LogP contribution in [0.3, 0.4) is 0 Å². The molecule has 3 aliphatic rings. The van der Waals surface area contributed by atoms with Gasteiger partial charge in [-0.2, -0.15) is 5.26 Å². The summed E-state index contributed by atoms with van der Waals surface area (Å²) in [6.45, 7) is 15.4. The molecule has 1 aromatic rings. The lowest BCUT2D eigenvalue weighted by molar-refractivity contribution is -0.142. The lowest BCUT2D eigenvalue weighted by Crippen LogP contribution is -2.56. The maximum Gasteiger partial charge on any atom is 0.236 e. The van der Waals surface area contributed by atoms with E-state index < -0.39 is 5.83 Å². The molecule has 4 heterocycles. The molecule has 0 aromatic carbocycles. The number of aliphatic hydroxyl groups excluding tert-OH is 1. The standard InChI is InChI=1S/C34H45FN8O2S/c1-5-10-30-33(39(4)34-37-28(14-20-46-34)12-7-11-27(35)21-26(3)22-36)43(6-2)31(38-30)13-8-15-40-16-9-17-41(19-18-40)25-32(45)42-23-29(44)24-42/h6-8,11,13-14,21,29,44H,2-3,5,9-10,12,15-20,23-25H2,1,4H3/b11-7-,13-8-,27-21+. The first kappa shape index (κ1) is 35.1. The number of aliphatic hydroxyl groups is 1. The summed E-state index contributed by atoms with van der Waals surface area (Å²) in [6.07, 6.45) is 15.0. The van der Waals surface area contributed by atoms with Crippen LogP contribution in [0.1, 0.15) is 37.7 Å². The number of amidine groups is 1. The van der Waals surface area contributed by atoms with Crippen molar-refractivity contribution in [2.75, 3.05) is 70.1 Å². The van der Waals surface area contributed by atoms with E-state index in [0.29, 0.717) is 26.1 Å². The third kappa shape index (κ3) is 9.62. The van der Waals surface area contributed by atoms with E-state index in [9.17, 15) is 14.3 Å². The molecule has 2 saturated heterocycles. The fourth-order valence-corrected chi connectivity index (χ4v) is 6.40. The summed E-state index contributed by atoms with van der Waals surface area (Å²) < 4.78 is 16.0. The predicted octanol–water partition coefficient (Wildman–Crippen LogP) is 4.46. The van der Waals surface area contributed by atoms with E-state index in [4.69, 9.17) is 15.2 Å². The second-order valence-electron chi connectivity index (χ2n) is 11.6. The van der Waals surface area contributed by atoms with Crippen molar-refractivity contribution in [2.24, 2.45) is 4.99 Å². The molecule has 2 fully saturated rings. The Kier molecular flexibility index (Phi) is 13.2. The number of halogens is 1. The van der Waals surface area contributed by atoms with Crippen molar-refractivity contribution >= 4 is 40.9 Å². The fourth-order valence-electron chi connectivity index (χ4n) is 5.51. The molecular weight excluding hydrogens is 603 g/mol. The van der Waals surface area contributed by atoms with Gasteiger partial charge in [0.1, 0.15) is 17.5 Å². The number of aliphatic imine (C=N–C) groups is 1. The quantitative estimate of drug-likeness (QED) is 0.247. The Morgan fingerprint density at radius 3 is 2.74 bits per heavy atom. The molecule has 0 bridgehead atoms. The van der Waals surface area contributed by atoms with Gasteiger partial charge in [0.15, 0.2) is 5.17 Å². The van der Waals surface area contributed by atoms with Crippen LogP contribution in [0.4, 0.5) is 10.2 Å². The number of carbonyl (C=O) groups is 1. The molecule has 4 rings (SSSR count). The predicted molar refractivity (Wildman–Crippen MR) is 186 cm³/mol. The van der Waals surface area contributed by atoms with Gasteiger partial charge in [0, 0.05) is 69.4 Å². The Bertz CT molecular complexity index is 1460. The number of β-amino-alcohol motifs (C(OH)–C–C–N with tert-alkyl or cyclic N) is 1. The molecule has 12 heteroatoms. The van der Waals surface area contributed by atoms with Crippen LogP contribution < -0.4 is 4.90 Å². The Balaban J connectivity index is 1.40. The van der Waals surface area contributed by atoms with E-state index in [1.807, 2.05) is 23.8 Å². The highest BCUT2D eigenvalue weighted by Crippen LogP contribution is 2.29. The molecule has 0 radical (unpaired) electrons. The molecule has 1 aromatic heterocycles. The topological polar surface area (TPSA) is 104 Å². The number of aromatic nitrogens is 2. The summed E-state index contributed by atoms with van der Waals surface area (Å²) in [4.78, 5) is 30.7. The van der Waals surface area contributed by atoms with Crippen molar-refractivity contribution in [2.45, 2.75) is 38.7 Å². The average Bonchev–Trinajstić information content (AvgIpc) is 3.21. The highest BCUT2D eigenvalue weighted by atomic mass is 32.2. The second kappa shape index (κ2) is 17.2. The number of amides is 1. The van der Waals surface area contributed by atoms with Gasteiger partial charge in [-0.25, -0.2) is 14.4 Å². The lowest BCUT2D eigenvalue weighted by atomic mass is 10.1. The van der Waals surface area contributed by atoms with Gasteiger partial charge in [0.05, 0.1) is 24.4 Å². The van der Waals surface area contributed by atoms with Crippen molar-refractivity contribution in [3.8, 4) is 6.07 Å². The molecule has 1 N–H and O–H groups in total. The summed E-state index contributed by atoms with van der Waals surface area (Å²) in [5, 5.41) is 19.1. The molecule has 0 unspecified atom stereocenters. The van der Waals surface area contributed by atoms with Gasteiger partial charge in [-0.1, -0.05) is 56.5 Å². The van der Waals surface area contributed by atoms with Crippen molar-refractivity contribution in [1.82, 2.24) is 24.3 Å². The van der Waals surface area contributed by atoms with Crippen LogP contribution in [-0.4, -0.2) is 112 Å². The largest absolute Gasteiger partial charge is 0.389 e. The van der Waals surface area contributed by atoms with E-state index >= 15 is 0 Å². The third-order valence-electron chi connectivity index (χ3n) is 7.97. The fraction of sp³-hybridized carbons (Fsp3) is 0.471. The molecule has 10 nitrogen and oxygen atoms in total. The van der Waals surface area contributed by atoms with Gasteiger partial charge in [-0.3, -0.25) is 19.2 Å². The summed E-state index contributed by atoms with van der Waals surface area (Å²) >= 11 is 1.63. The van der Waals surface area contributed by atoms with Crippen LogP contribution in [0.5, 0.6) is 0 Å². The van der Waals surface area contributed by atoms with E-state index in [-0.39, 0.29) is 17.6 Å². The lowest BCUT2D eigenvalue weighted by Gasteiger charge is -2.37. The number of rotatable bonds is 13. The van der Waals surface area contributed by atoms with Crippen LogP contribution >= 0.6 is 11.8 Å². The maximum absolute atomic E-state index is 14.0.